The second-order valence-electron chi connectivity index (χ2n) is 6.36. The molecule has 1 aliphatic carbocycles. The number of nitrogens with one attached hydrogen (secondary N) is 1. The monoisotopic (exact) mass is 313 g/mol. The highest BCUT2D eigenvalue weighted by Crippen LogP contribution is 2.25. The number of rotatable bonds is 5. The van der Waals surface area contributed by atoms with Gasteiger partial charge in [-0.05, 0) is 19.3 Å². The first kappa shape index (κ1) is 18.3. The molecule has 7 nitrogen and oxygen atoms in total. The van der Waals surface area contributed by atoms with Crippen LogP contribution in [0.1, 0.15) is 32.6 Å². The Balaban J connectivity index is 2.50. The SMILES string of the molecule is CC(CN(C)C(=O)NC1CCCC(C(=O)N(C)C)C1)C(=O)O. The summed E-state index contributed by atoms with van der Waals surface area (Å²) in [6.07, 6.45) is 3.26. The third-order valence-electron chi connectivity index (χ3n) is 4.11. The molecule has 1 fully saturated rings. The van der Waals surface area contributed by atoms with Crippen LogP contribution in [0.4, 0.5) is 4.79 Å². The molecular weight excluding hydrogens is 286 g/mol. The normalized spacial score (nSPS) is 22.5. The zero-order chi connectivity index (χ0) is 16.9. The summed E-state index contributed by atoms with van der Waals surface area (Å²) in [7, 11) is 5.07. The van der Waals surface area contributed by atoms with Gasteiger partial charge < -0.3 is 20.2 Å². The van der Waals surface area contributed by atoms with Crippen molar-refractivity contribution in [3.8, 4) is 0 Å². The summed E-state index contributed by atoms with van der Waals surface area (Å²) in [4.78, 5) is 37.9. The van der Waals surface area contributed by atoms with Crippen LogP contribution in [0.15, 0.2) is 0 Å². The van der Waals surface area contributed by atoms with Gasteiger partial charge in [-0.15, -0.1) is 0 Å². The number of aliphatic carboxylic acids is 1. The fourth-order valence-electron chi connectivity index (χ4n) is 2.77. The molecule has 1 aliphatic rings. The topological polar surface area (TPSA) is 90.0 Å². The van der Waals surface area contributed by atoms with Gasteiger partial charge in [0.25, 0.3) is 0 Å². The van der Waals surface area contributed by atoms with E-state index >= 15 is 0 Å². The molecule has 0 bridgehead atoms. The second kappa shape index (κ2) is 8.00. The number of hydrogen-bond donors (Lipinski definition) is 2. The molecule has 0 spiro atoms. The Labute approximate surface area is 131 Å². The molecular formula is C15H27N3O4. The van der Waals surface area contributed by atoms with Crippen LogP contribution in [-0.2, 0) is 9.59 Å². The quantitative estimate of drug-likeness (QED) is 0.792. The number of amides is 3. The molecule has 2 N–H and O–H groups in total. The predicted octanol–water partition coefficient (Wildman–Crippen LogP) is 0.996. The minimum atomic E-state index is -0.922. The molecule has 0 aromatic rings. The van der Waals surface area contributed by atoms with Crippen molar-refractivity contribution in [3.63, 3.8) is 0 Å². The van der Waals surface area contributed by atoms with Gasteiger partial charge in [-0.25, -0.2) is 4.79 Å². The van der Waals surface area contributed by atoms with Crippen molar-refractivity contribution in [2.45, 2.75) is 38.6 Å². The summed E-state index contributed by atoms with van der Waals surface area (Å²) >= 11 is 0. The van der Waals surface area contributed by atoms with Gasteiger partial charge in [0.2, 0.25) is 5.91 Å². The average molecular weight is 313 g/mol. The Hall–Kier alpha value is -1.79. The van der Waals surface area contributed by atoms with Crippen LogP contribution in [0.25, 0.3) is 0 Å². The van der Waals surface area contributed by atoms with Gasteiger partial charge in [-0.2, -0.15) is 0 Å². The zero-order valence-electron chi connectivity index (χ0n) is 13.8. The maximum atomic E-state index is 12.1. The lowest BCUT2D eigenvalue weighted by atomic mass is 9.85. The maximum Gasteiger partial charge on any atom is 0.317 e. The zero-order valence-corrected chi connectivity index (χ0v) is 13.8. The smallest absolute Gasteiger partial charge is 0.317 e. The van der Waals surface area contributed by atoms with Gasteiger partial charge >= 0.3 is 12.0 Å². The summed E-state index contributed by atoms with van der Waals surface area (Å²) in [5, 5.41) is 11.8. The van der Waals surface area contributed by atoms with E-state index in [0.717, 1.165) is 19.3 Å². The van der Waals surface area contributed by atoms with Crippen LogP contribution in [0, 0.1) is 11.8 Å². The first-order chi connectivity index (χ1) is 10.2. The van der Waals surface area contributed by atoms with Crippen LogP contribution in [0.3, 0.4) is 0 Å². The number of carbonyl (C=O) groups excluding carboxylic acids is 2. The highest BCUT2D eigenvalue weighted by atomic mass is 16.4. The van der Waals surface area contributed by atoms with E-state index in [1.807, 2.05) is 0 Å². The number of carboxylic acids is 1. The summed E-state index contributed by atoms with van der Waals surface area (Å²) in [6.45, 7) is 1.73. The number of urea groups is 1. The molecule has 126 valence electrons. The minimum absolute atomic E-state index is 0.0299. The summed E-state index contributed by atoms with van der Waals surface area (Å²) < 4.78 is 0. The molecule has 3 amide bonds. The average Bonchev–Trinajstić information content (AvgIpc) is 2.46. The van der Waals surface area contributed by atoms with Crippen molar-refractivity contribution in [1.29, 1.82) is 0 Å². The highest BCUT2D eigenvalue weighted by Gasteiger charge is 2.29. The fraction of sp³-hybridized carbons (Fsp3) is 0.800. The molecule has 0 aromatic heterocycles. The standard InChI is InChI=1S/C15H27N3O4/c1-10(14(20)21)9-18(4)15(22)16-12-7-5-6-11(8-12)13(19)17(2)3/h10-12H,5-9H2,1-4H3,(H,16,22)(H,20,21). The van der Waals surface area contributed by atoms with Gasteiger partial charge in [-0.3, -0.25) is 9.59 Å². The predicted molar refractivity (Wildman–Crippen MR) is 82.4 cm³/mol. The molecule has 22 heavy (non-hydrogen) atoms. The molecule has 7 heteroatoms. The Bertz CT molecular complexity index is 425. The molecule has 3 atom stereocenters. The Morgan fingerprint density at radius 1 is 1.23 bits per heavy atom. The largest absolute Gasteiger partial charge is 0.481 e. The lowest BCUT2D eigenvalue weighted by Gasteiger charge is -2.32. The van der Waals surface area contributed by atoms with E-state index < -0.39 is 11.9 Å². The van der Waals surface area contributed by atoms with Crippen LogP contribution in [-0.4, -0.2) is 66.5 Å². The fourth-order valence-corrected chi connectivity index (χ4v) is 2.77. The molecule has 1 saturated carbocycles. The van der Waals surface area contributed by atoms with Crippen LogP contribution in [0.5, 0.6) is 0 Å². The molecule has 0 radical (unpaired) electrons. The minimum Gasteiger partial charge on any atom is -0.481 e. The summed E-state index contributed by atoms with van der Waals surface area (Å²) in [6, 6.07) is -0.311. The lowest BCUT2D eigenvalue weighted by molar-refractivity contribution is -0.141. The summed E-state index contributed by atoms with van der Waals surface area (Å²) in [5.41, 5.74) is 0. The third-order valence-corrected chi connectivity index (χ3v) is 4.11. The Morgan fingerprint density at radius 3 is 2.41 bits per heavy atom. The maximum absolute atomic E-state index is 12.1. The molecule has 0 aliphatic heterocycles. The van der Waals surface area contributed by atoms with Gasteiger partial charge in [0.05, 0.1) is 5.92 Å². The van der Waals surface area contributed by atoms with Crippen molar-refractivity contribution in [3.05, 3.63) is 0 Å². The van der Waals surface area contributed by atoms with E-state index in [4.69, 9.17) is 5.11 Å². The molecule has 0 saturated heterocycles. The van der Waals surface area contributed by atoms with E-state index in [-0.39, 0.29) is 30.4 Å². The van der Waals surface area contributed by atoms with Crippen molar-refractivity contribution < 1.29 is 19.5 Å². The molecule has 3 unspecified atom stereocenters. The van der Waals surface area contributed by atoms with E-state index in [0.29, 0.717) is 6.42 Å². The number of carbonyl (C=O) groups is 3. The first-order valence-electron chi connectivity index (χ1n) is 7.68. The van der Waals surface area contributed by atoms with E-state index in [2.05, 4.69) is 5.32 Å². The third kappa shape index (κ3) is 5.20. The first-order valence-corrected chi connectivity index (χ1v) is 7.68. The van der Waals surface area contributed by atoms with Gasteiger partial charge in [-0.1, -0.05) is 13.3 Å². The van der Waals surface area contributed by atoms with E-state index in [9.17, 15) is 14.4 Å². The molecule has 1 rings (SSSR count). The highest BCUT2D eigenvalue weighted by molar-refractivity contribution is 5.79. The van der Waals surface area contributed by atoms with Crippen LogP contribution in [0.2, 0.25) is 0 Å². The number of carboxylic acid groups (broad SMARTS) is 1. The van der Waals surface area contributed by atoms with Gasteiger partial charge in [0, 0.05) is 39.6 Å². The van der Waals surface area contributed by atoms with E-state index in [1.165, 1.54) is 4.90 Å². The Morgan fingerprint density at radius 2 is 1.86 bits per heavy atom. The Kier molecular flexibility index (Phi) is 6.64. The van der Waals surface area contributed by atoms with Crippen molar-refractivity contribution in [2.75, 3.05) is 27.7 Å². The van der Waals surface area contributed by atoms with Crippen molar-refractivity contribution in [2.24, 2.45) is 11.8 Å². The summed E-state index contributed by atoms with van der Waals surface area (Å²) in [5.74, 6) is -1.47. The lowest BCUT2D eigenvalue weighted by Crippen LogP contribution is -2.47. The number of nitrogens with zero attached hydrogens (tertiary/aromatic N) is 2. The van der Waals surface area contributed by atoms with Gasteiger partial charge in [0.1, 0.15) is 0 Å². The van der Waals surface area contributed by atoms with Crippen molar-refractivity contribution in [1.82, 2.24) is 15.1 Å². The van der Waals surface area contributed by atoms with Crippen molar-refractivity contribution >= 4 is 17.9 Å². The second-order valence-corrected chi connectivity index (χ2v) is 6.36. The molecule has 0 heterocycles. The van der Waals surface area contributed by atoms with Crippen LogP contribution < -0.4 is 5.32 Å². The molecule has 0 aromatic carbocycles. The van der Waals surface area contributed by atoms with E-state index in [1.54, 1.807) is 33.0 Å². The van der Waals surface area contributed by atoms with Gasteiger partial charge in [0.15, 0.2) is 0 Å². The van der Waals surface area contributed by atoms with Crippen LogP contribution >= 0.6 is 0 Å². The number of hydrogen-bond acceptors (Lipinski definition) is 3.